The number of nitriles is 1. The maximum absolute atomic E-state index is 12.4. The third-order valence-electron chi connectivity index (χ3n) is 3.75. The lowest BCUT2D eigenvalue weighted by molar-refractivity contribution is -0.123. The molecule has 0 radical (unpaired) electrons. The van der Waals surface area contributed by atoms with Crippen molar-refractivity contribution in [3.63, 3.8) is 0 Å². The van der Waals surface area contributed by atoms with Gasteiger partial charge in [0.05, 0.1) is 18.0 Å². The van der Waals surface area contributed by atoms with Gasteiger partial charge in [-0.1, -0.05) is 6.92 Å². The highest BCUT2D eigenvalue weighted by molar-refractivity contribution is 7.90. The summed E-state index contributed by atoms with van der Waals surface area (Å²) in [5.74, 6) is -0.311. The van der Waals surface area contributed by atoms with Crippen molar-refractivity contribution in [3.05, 3.63) is 0 Å². The highest BCUT2D eigenvalue weighted by Gasteiger charge is 2.46. The first kappa shape index (κ1) is 13.3. The maximum Gasteiger partial charge on any atom is 0.230 e. The van der Waals surface area contributed by atoms with Gasteiger partial charge in [0.15, 0.2) is 5.25 Å². The minimum Gasteiger partial charge on any atom is -0.354 e. The van der Waals surface area contributed by atoms with Crippen molar-refractivity contribution >= 4 is 15.9 Å². The Morgan fingerprint density at radius 1 is 1.61 bits per heavy atom. The lowest BCUT2D eigenvalue weighted by Gasteiger charge is -2.35. The van der Waals surface area contributed by atoms with E-state index in [0.29, 0.717) is 19.5 Å². The number of nitrogens with one attached hydrogen (secondary N) is 1. The van der Waals surface area contributed by atoms with E-state index >= 15 is 0 Å². The van der Waals surface area contributed by atoms with Crippen molar-refractivity contribution in [1.82, 2.24) is 9.62 Å². The van der Waals surface area contributed by atoms with Crippen LogP contribution in [0.25, 0.3) is 0 Å². The fourth-order valence-electron chi connectivity index (χ4n) is 2.76. The van der Waals surface area contributed by atoms with Crippen LogP contribution in [0.2, 0.25) is 0 Å². The van der Waals surface area contributed by atoms with Crippen LogP contribution in [-0.4, -0.2) is 43.0 Å². The van der Waals surface area contributed by atoms with Gasteiger partial charge >= 0.3 is 0 Å². The summed E-state index contributed by atoms with van der Waals surface area (Å²) in [6, 6.07) is 1.54. The van der Waals surface area contributed by atoms with Crippen LogP contribution in [0.3, 0.4) is 0 Å². The van der Waals surface area contributed by atoms with Gasteiger partial charge in [-0.2, -0.15) is 9.57 Å². The summed E-state index contributed by atoms with van der Waals surface area (Å²) >= 11 is 0. The molecule has 0 saturated carbocycles. The van der Waals surface area contributed by atoms with Crippen LogP contribution >= 0.6 is 0 Å². The predicted molar refractivity (Wildman–Crippen MR) is 64.8 cm³/mol. The molecule has 0 aromatic carbocycles. The summed E-state index contributed by atoms with van der Waals surface area (Å²) in [5, 5.41) is 10.6. The molecule has 2 rings (SSSR count). The zero-order valence-corrected chi connectivity index (χ0v) is 11.1. The van der Waals surface area contributed by atoms with Gasteiger partial charge in [0.2, 0.25) is 15.9 Å². The van der Waals surface area contributed by atoms with E-state index in [0.717, 1.165) is 6.42 Å². The highest BCUT2D eigenvalue weighted by atomic mass is 32.2. The minimum atomic E-state index is -3.62. The largest absolute Gasteiger partial charge is 0.354 e. The molecule has 7 heteroatoms. The van der Waals surface area contributed by atoms with Gasteiger partial charge in [0.1, 0.15) is 0 Å². The summed E-state index contributed by atoms with van der Waals surface area (Å²) in [6.45, 7) is 2.46. The molecule has 0 aromatic rings. The summed E-state index contributed by atoms with van der Waals surface area (Å²) in [4.78, 5) is 11.6. The quantitative estimate of drug-likeness (QED) is 0.771. The monoisotopic (exact) mass is 271 g/mol. The van der Waals surface area contributed by atoms with E-state index in [9.17, 15) is 13.2 Å². The molecule has 2 fully saturated rings. The van der Waals surface area contributed by atoms with Crippen molar-refractivity contribution in [2.45, 2.75) is 37.5 Å². The third-order valence-corrected chi connectivity index (χ3v) is 6.02. The van der Waals surface area contributed by atoms with Gasteiger partial charge in [0, 0.05) is 13.1 Å². The summed E-state index contributed by atoms with van der Waals surface area (Å²) in [6.07, 6.45) is 1.68. The standard InChI is InChI=1S/C11H17N3O3S/c1-2-8(6-12)18(16,17)14-5-3-4-9-10(14)7-13-11(9)15/h8-10H,2-5,7H2,1H3,(H,13,15). The number of fused-ring (bicyclic) bond motifs is 1. The fraction of sp³-hybridized carbons (Fsp3) is 0.818. The number of hydrogen-bond donors (Lipinski definition) is 1. The van der Waals surface area contributed by atoms with Gasteiger partial charge in [-0.05, 0) is 19.3 Å². The van der Waals surface area contributed by atoms with Crippen LogP contribution < -0.4 is 5.32 Å². The topological polar surface area (TPSA) is 90.3 Å². The molecule has 18 heavy (non-hydrogen) atoms. The first-order chi connectivity index (χ1) is 8.52. The lowest BCUT2D eigenvalue weighted by atomic mass is 9.93. The molecule has 2 aliphatic rings. The Morgan fingerprint density at radius 3 is 2.94 bits per heavy atom. The predicted octanol–water partition coefficient (Wildman–Crippen LogP) is -0.171. The first-order valence-electron chi connectivity index (χ1n) is 6.20. The first-order valence-corrected chi connectivity index (χ1v) is 7.70. The molecule has 0 aromatic heterocycles. The van der Waals surface area contributed by atoms with Crippen LogP contribution in [0.1, 0.15) is 26.2 Å². The van der Waals surface area contributed by atoms with E-state index in [1.165, 1.54) is 4.31 Å². The van der Waals surface area contributed by atoms with E-state index in [2.05, 4.69) is 5.32 Å². The average molecular weight is 271 g/mol. The second-order valence-electron chi connectivity index (χ2n) is 4.74. The van der Waals surface area contributed by atoms with E-state index in [-0.39, 0.29) is 24.3 Å². The molecule has 3 unspecified atom stereocenters. The molecule has 2 aliphatic heterocycles. The summed E-state index contributed by atoms with van der Waals surface area (Å²) < 4.78 is 26.1. The van der Waals surface area contributed by atoms with E-state index in [1.54, 1.807) is 6.92 Å². The zero-order valence-electron chi connectivity index (χ0n) is 10.3. The Balaban J connectivity index is 2.28. The number of hydrogen-bond acceptors (Lipinski definition) is 4. The number of rotatable bonds is 3. The third kappa shape index (κ3) is 1.99. The zero-order chi connectivity index (χ0) is 13.3. The number of nitrogens with zero attached hydrogens (tertiary/aromatic N) is 2. The van der Waals surface area contributed by atoms with Gasteiger partial charge < -0.3 is 5.32 Å². The summed E-state index contributed by atoms with van der Waals surface area (Å²) in [5.41, 5.74) is 0. The normalized spacial score (nSPS) is 30.3. The smallest absolute Gasteiger partial charge is 0.230 e. The average Bonchev–Trinajstić information content (AvgIpc) is 2.72. The molecule has 3 atom stereocenters. The van der Waals surface area contributed by atoms with Crippen molar-refractivity contribution in [2.24, 2.45) is 5.92 Å². The van der Waals surface area contributed by atoms with E-state index < -0.39 is 15.3 Å². The molecule has 0 bridgehead atoms. The number of carbonyl (C=O) groups is 1. The molecule has 0 spiro atoms. The Morgan fingerprint density at radius 2 is 2.33 bits per heavy atom. The van der Waals surface area contributed by atoms with Gasteiger partial charge in [-0.15, -0.1) is 0 Å². The Bertz CT molecular complexity index is 482. The Hall–Kier alpha value is -1.13. The Labute approximate surface area is 107 Å². The number of piperidine rings is 1. The second kappa shape index (κ2) is 4.86. The minimum absolute atomic E-state index is 0.0649. The van der Waals surface area contributed by atoms with Crippen LogP contribution in [0.5, 0.6) is 0 Å². The molecule has 100 valence electrons. The van der Waals surface area contributed by atoms with Crippen LogP contribution in [0, 0.1) is 17.2 Å². The maximum atomic E-state index is 12.4. The number of sulfonamides is 1. The van der Waals surface area contributed by atoms with Crippen molar-refractivity contribution < 1.29 is 13.2 Å². The molecular formula is C11H17N3O3S. The van der Waals surface area contributed by atoms with Gasteiger partial charge in [-0.25, -0.2) is 8.42 Å². The summed E-state index contributed by atoms with van der Waals surface area (Å²) in [7, 11) is -3.62. The molecule has 2 heterocycles. The lowest BCUT2D eigenvalue weighted by Crippen LogP contribution is -2.51. The molecule has 1 amide bonds. The second-order valence-corrected chi connectivity index (χ2v) is 6.81. The van der Waals surface area contributed by atoms with Gasteiger partial charge in [0.25, 0.3) is 0 Å². The Kier molecular flexibility index (Phi) is 3.59. The molecule has 2 saturated heterocycles. The van der Waals surface area contributed by atoms with Crippen molar-refractivity contribution in [2.75, 3.05) is 13.1 Å². The van der Waals surface area contributed by atoms with Gasteiger partial charge in [-0.3, -0.25) is 4.79 Å². The SMILES string of the molecule is CCC(C#N)S(=O)(=O)N1CCCC2C(=O)NCC21. The van der Waals surface area contributed by atoms with Crippen LogP contribution in [-0.2, 0) is 14.8 Å². The number of carbonyl (C=O) groups excluding carboxylic acids is 1. The molecule has 0 aliphatic carbocycles. The highest BCUT2D eigenvalue weighted by Crippen LogP contribution is 2.31. The van der Waals surface area contributed by atoms with Crippen molar-refractivity contribution in [1.29, 1.82) is 5.26 Å². The van der Waals surface area contributed by atoms with E-state index in [1.807, 2.05) is 6.07 Å². The van der Waals surface area contributed by atoms with Crippen LogP contribution in [0.4, 0.5) is 0 Å². The number of amides is 1. The van der Waals surface area contributed by atoms with E-state index in [4.69, 9.17) is 5.26 Å². The molecular weight excluding hydrogens is 254 g/mol. The van der Waals surface area contributed by atoms with Crippen molar-refractivity contribution in [3.8, 4) is 6.07 Å². The molecule has 6 nitrogen and oxygen atoms in total. The fourth-order valence-corrected chi connectivity index (χ4v) is 4.62. The molecule has 1 N–H and O–H groups in total. The van der Waals surface area contributed by atoms with Crippen LogP contribution in [0.15, 0.2) is 0 Å².